The highest BCUT2D eigenvalue weighted by atomic mass is 79.9. The molecule has 0 aliphatic rings. The van der Waals surface area contributed by atoms with Gasteiger partial charge in [0.1, 0.15) is 0 Å². The van der Waals surface area contributed by atoms with Crippen LogP contribution in [0.25, 0.3) is 11.1 Å². The van der Waals surface area contributed by atoms with Gasteiger partial charge in [0.2, 0.25) is 0 Å². The molecule has 2 rings (SSSR count). The van der Waals surface area contributed by atoms with E-state index in [-0.39, 0.29) is 0 Å². The average Bonchev–Trinajstić information content (AvgIpc) is 2.28. The fraction of sp³-hybridized carbons (Fsp3) is 0.200. The summed E-state index contributed by atoms with van der Waals surface area (Å²) in [7, 11) is -1.22. The molecule has 0 spiro atoms. The van der Waals surface area contributed by atoms with Crippen molar-refractivity contribution in [2.24, 2.45) is 0 Å². The van der Waals surface area contributed by atoms with Crippen molar-refractivity contribution in [1.29, 1.82) is 0 Å². The highest BCUT2D eigenvalue weighted by molar-refractivity contribution is 9.10. The number of rotatable bonds is 2. The lowest BCUT2D eigenvalue weighted by Crippen LogP contribution is -2.37. The van der Waals surface area contributed by atoms with Crippen LogP contribution in [0.15, 0.2) is 53.0 Å². The lowest BCUT2D eigenvalue weighted by Gasteiger charge is -2.17. The van der Waals surface area contributed by atoms with Crippen LogP contribution in [0.3, 0.4) is 0 Å². The largest absolute Gasteiger partial charge is 0.0776 e. The molecule has 0 heterocycles. The predicted molar refractivity (Wildman–Crippen MR) is 82.6 cm³/mol. The van der Waals surface area contributed by atoms with Gasteiger partial charge in [0.15, 0.2) is 0 Å². The van der Waals surface area contributed by atoms with Gasteiger partial charge in [-0.25, -0.2) is 0 Å². The summed E-state index contributed by atoms with van der Waals surface area (Å²) in [6, 6.07) is 17.4. The Morgan fingerprint density at radius 2 is 1.41 bits per heavy atom. The first kappa shape index (κ1) is 12.6. The van der Waals surface area contributed by atoms with Gasteiger partial charge >= 0.3 is 0 Å². The number of hydrogen-bond acceptors (Lipinski definition) is 0. The summed E-state index contributed by atoms with van der Waals surface area (Å²) in [5.74, 6) is 0. The highest BCUT2D eigenvalue weighted by Gasteiger charge is 2.16. The van der Waals surface area contributed by atoms with Gasteiger partial charge < -0.3 is 0 Å². The Bertz CT molecular complexity index is 526. The molecule has 2 heteroatoms. The zero-order valence-corrected chi connectivity index (χ0v) is 13.1. The molecule has 0 bridgehead atoms. The second-order valence-electron chi connectivity index (χ2n) is 5.34. The fourth-order valence-electron chi connectivity index (χ4n) is 1.83. The Morgan fingerprint density at radius 1 is 0.824 bits per heavy atom. The molecular formula is C15H17BrSi. The lowest BCUT2D eigenvalue weighted by molar-refractivity contribution is 1.59. The van der Waals surface area contributed by atoms with Crippen molar-refractivity contribution in [1.82, 2.24) is 0 Å². The summed E-state index contributed by atoms with van der Waals surface area (Å²) in [5, 5.41) is 1.51. The van der Waals surface area contributed by atoms with Crippen LogP contribution in [-0.2, 0) is 0 Å². The molecule has 0 aromatic heterocycles. The zero-order chi connectivity index (χ0) is 12.5. The molecule has 17 heavy (non-hydrogen) atoms. The standard InChI is InChI=1S/C15H17BrSi/c1-17(2,3)15-9-5-7-13(11-15)12-6-4-8-14(16)10-12/h4-11H,1-3H3. The van der Waals surface area contributed by atoms with E-state index < -0.39 is 8.07 Å². The van der Waals surface area contributed by atoms with Crippen molar-refractivity contribution >= 4 is 29.2 Å². The third kappa shape index (κ3) is 3.08. The Balaban J connectivity index is 2.47. The number of benzene rings is 2. The lowest BCUT2D eigenvalue weighted by atomic mass is 10.1. The third-order valence-corrected chi connectivity index (χ3v) is 5.42. The summed E-state index contributed by atoms with van der Waals surface area (Å²) in [4.78, 5) is 0. The van der Waals surface area contributed by atoms with Crippen molar-refractivity contribution in [3.05, 3.63) is 53.0 Å². The van der Waals surface area contributed by atoms with Crippen LogP contribution in [0.4, 0.5) is 0 Å². The summed E-state index contributed by atoms with van der Waals surface area (Å²) < 4.78 is 1.13. The molecule has 0 nitrogen and oxygen atoms in total. The molecule has 0 radical (unpaired) electrons. The summed E-state index contributed by atoms with van der Waals surface area (Å²) in [5.41, 5.74) is 2.59. The van der Waals surface area contributed by atoms with Crippen LogP contribution < -0.4 is 5.19 Å². The summed E-state index contributed by atoms with van der Waals surface area (Å²) in [6.07, 6.45) is 0. The van der Waals surface area contributed by atoms with Gasteiger partial charge in [-0.05, 0) is 23.3 Å². The van der Waals surface area contributed by atoms with Crippen LogP contribution in [0, 0.1) is 0 Å². The van der Waals surface area contributed by atoms with Crippen molar-refractivity contribution < 1.29 is 0 Å². The molecule has 88 valence electrons. The van der Waals surface area contributed by atoms with Gasteiger partial charge in [-0.1, -0.05) is 77.2 Å². The van der Waals surface area contributed by atoms with Crippen LogP contribution in [0.5, 0.6) is 0 Å². The van der Waals surface area contributed by atoms with Crippen molar-refractivity contribution in [3.8, 4) is 11.1 Å². The third-order valence-electron chi connectivity index (χ3n) is 2.89. The van der Waals surface area contributed by atoms with E-state index in [2.05, 4.69) is 84.1 Å². The van der Waals surface area contributed by atoms with E-state index in [0.29, 0.717) is 0 Å². The minimum atomic E-state index is -1.22. The summed E-state index contributed by atoms with van der Waals surface area (Å²) >= 11 is 3.53. The number of halogens is 1. The Morgan fingerprint density at radius 3 is 2.00 bits per heavy atom. The van der Waals surface area contributed by atoms with Crippen LogP contribution in [-0.4, -0.2) is 8.07 Å². The molecule has 0 N–H and O–H groups in total. The van der Waals surface area contributed by atoms with Gasteiger partial charge in [0.05, 0.1) is 8.07 Å². The molecule has 0 fully saturated rings. The first-order valence-corrected chi connectivity index (χ1v) is 10.1. The van der Waals surface area contributed by atoms with E-state index in [0.717, 1.165) is 4.47 Å². The Kier molecular flexibility index (Phi) is 3.55. The monoisotopic (exact) mass is 304 g/mol. The molecule has 0 aliphatic heterocycles. The van der Waals surface area contributed by atoms with Crippen LogP contribution in [0.2, 0.25) is 19.6 Å². The van der Waals surface area contributed by atoms with E-state index in [1.807, 2.05) is 0 Å². The van der Waals surface area contributed by atoms with E-state index in [9.17, 15) is 0 Å². The van der Waals surface area contributed by atoms with Gasteiger partial charge in [0.25, 0.3) is 0 Å². The first-order valence-electron chi connectivity index (χ1n) is 5.83. The second kappa shape index (κ2) is 4.79. The van der Waals surface area contributed by atoms with Crippen molar-refractivity contribution in [3.63, 3.8) is 0 Å². The summed E-state index contributed by atoms with van der Waals surface area (Å²) in [6.45, 7) is 7.15. The second-order valence-corrected chi connectivity index (χ2v) is 11.3. The molecule has 2 aromatic carbocycles. The fourth-order valence-corrected chi connectivity index (χ4v) is 3.42. The van der Waals surface area contributed by atoms with E-state index in [4.69, 9.17) is 0 Å². The Hall–Kier alpha value is -0.863. The Labute approximate surface area is 113 Å². The van der Waals surface area contributed by atoms with Gasteiger partial charge in [-0.15, -0.1) is 0 Å². The minimum absolute atomic E-state index is 1.13. The predicted octanol–water partition coefficient (Wildman–Crippen LogP) is 4.66. The van der Waals surface area contributed by atoms with Crippen molar-refractivity contribution in [2.45, 2.75) is 19.6 Å². The van der Waals surface area contributed by atoms with E-state index in [1.54, 1.807) is 0 Å². The van der Waals surface area contributed by atoms with Crippen LogP contribution >= 0.6 is 15.9 Å². The topological polar surface area (TPSA) is 0 Å². The smallest absolute Gasteiger partial charge is 0.0656 e. The zero-order valence-electron chi connectivity index (χ0n) is 10.5. The SMILES string of the molecule is C[Si](C)(C)c1cccc(-c2cccc(Br)c2)c1. The van der Waals surface area contributed by atoms with Gasteiger partial charge in [-0.2, -0.15) is 0 Å². The molecule has 0 amide bonds. The average molecular weight is 305 g/mol. The number of hydrogen-bond donors (Lipinski definition) is 0. The quantitative estimate of drug-likeness (QED) is 0.708. The van der Waals surface area contributed by atoms with E-state index in [1.165, 1.54) is 16.3 Å². The highest BCUT2D eigenvalue weighted by Crippen LogP contribution is 2.22. The normalized spacial score (nSPS) is 11.5. The molecule has 0 saturated heterocycles. The maximum atomic E-state index is 3.53. The molecule has 0 unspecified atom stereocenters. The molecule has 0 saturated carbocycles. The molecule has 0 atom stereocenters. The molecule has 0 aliphatic carbocycles. The van der Waals surface area contributed by atoms with Crippen molar-refractivity contribution in [2.75, 3.05) is 0 Å². The first-order chi connectivity index (χ1) is 7.97. The molecule has 2 aromatic rings. The van der Waals surface area contributed by atoms with Gasteiger partial charge in [-0.3, -0.25) is 0 Å². The van der Waals surface area contributed by atoms with Crippen LogP contribution in [0.1, 0.15) is 0 Å². The maximum Gasteiger partial charge on any atom is 0.0776 e. The maximum absolute atomic E-state index is 3.53. The minimum Gasteiger partial charge on any atom is -0.0656 e. The van der Waals surface area contributed by atoms with E-state index >= 15 is 0 Å². The molecular weight excluding hydrogens is 288 g/mol. The van der Waals surface area contributed by atoms with Gasteiger partial charge in [0, 0.05) is 4.47 Å².